The number of carbonyl (C=O) groups excluding carboxylic acids is 1. The van der Waals surface area contributed by atoms with Crippen molar-refractivity contribution in [2.45, 2.75) is 11.8 Å². The predicted octanol–water partition coefficient (Wildman–Crippen LogP) is 3.83. The molecule has 10 heteroatoms. The molecule has 3 aromatic rings. The highest BCUT2D eigenvalue weighted by Gasteiger charge is 2.19. The van der Waals surface area contributed by atoms with Gasteiger partial charge in [-0.25, -0.2) is 12.8 Å². The number of hydrogen-bond acceptors (Lipinski definition) is 5. The van der Waals surface area contributed by atoms with Crippen molar-refractivity contribution in [1.82, 2.24) is 5.16 Å². The summed E-state index contributed by atoms with van der Waals surface area (Å²) in [5, 5.41) is 6.03. The lowest BCUT2D eigenvalue weighted by atomic mass is 10.2. The van der Waals surface area contributed by atoms with E-state index in [-0.39, 0.29) is 16.3 Å². The van der Waals surface area contributed by atoms with Crippen LogP contribution in [0.2, 0.25) is 5.02 Å². The van der Waals surface area contributed by atoms with Gasteiger partial charge in [0.15, 0.2) is 0 Å². The van der Waals surface area contributed by atoms with E-state index < -0.39 is 26.6 Å². The van der Waals surface area contributed by atoms with Gasteiger partial charge in [0.2, 0.25) is 0 Å². The van der Waals surface area contributed by atoms with Crippen molar-refractivity contribution in [3.05, 3.63) is 70.8 Å². The quantitative estimate of drug-likeness (QED) is 0.666. The monoisotopic (exact) mass is 409 g/mol. The molecule has 1 aromatic heterocycles. The first-order valence-electron chi connectivity index (χ1n) is 7.57. The van der Waals surface area contributed by atoms with Crippen LogP contribution in [0.25, 0.3) is 0 Å². The number of benzene rings is 2. The molecular formula is C17H13ClFN3O4S. The summed E-state index contributed by atoms with van der Waals surface area (Å²) in [6, 6.07) is 9.05. The van der Waals surface area contributed by atoms with E-state index in [1.54, 1.807) is 19.1 Å². The molecule has 0 unspecified atom stereocenters. The molecule has 0 aliphatic rings. The minimum atomic E-state index is -4.12. The van der Waals surface area contributed by atoms with Crippen LogP contribution in [0.15, 0.2) is 58.1 Å². The molecule has 0 fully saturated rings. The summed E-state index contributed by atoms with van der Waals surface area (Å²) in [4.78, 5) is 11.8. The summed E-state index contributed by atoms with van der Waals surface area (Å²) < 4.78 is 45.5. The van der Waals surface area contributed by atoms with Crippen molar-refractivity contribution in [2.75, 3.05) is 10.0 Å². The van der Waals surface area contributed by atoms with E-state index in [0.717, 1.165) is 18.2 Å². The van der Waals surface area contributed by atoms with Crippen molar-refractivity contribution < 1.29 is 22.1 Å². The number of anilines is 2. The number of amides is 1. The van der Waals surface area contributed by atoms with Crippen LogP contribution < -0.4 is 10.0 Å². The van der Waals surface area contributed by atoms with Crippen LogP contribution >= 0.6 is 11.6 Å². The Morgan fingerprint density at radius 3 is 2.63 bits per heavy atom. The fourth-order valence-electron chi connectivity index (χ4n) is 2.27. The highest BCUT2D eigenvalue weighted by atomic mass is 35.5. The zero-order valence-corrected chi connectivity index (χ0v) is 15.4. The molecule has 1 heterocycles. The third kappa shape index (κ3) is 4.26. The van der Waals surface area contributed by atoms with E-state index in [0.29, 0.717) is 11.4 Å². The van der Waals surface area contributed by atoms with Crippen molar-refractivity contribution in [3.8, 4) is 0 Å². The Balaban J connectivity index is 1.82. The lowest BCUT2D eigenvalue weighted by Crippen LogP contribution is -2.15. The molecule has 0 saturated heterocycles. The standard InChI is InChI=1S/C17H13ClFN3O4S/c1-10-14(9-20-26-10)17(23)21-12-3-2-4-13(8-12)22-27(24,25)16-7-11(19)5-6-15(16)18/h2-9,22H,1H3,(H,21,23). The molecule has 140 valence electrons. The molecule has 0 atom stereocenters. The molecule has 7 nitrogen and oxygen atoms in total. The normalized spacial score (nSPS) is 11.2. The second kappa shape index (κ2) is 7.37. The smallest absolute Gasteiger partial charge is 0.263 e. The number of nitrogens with zero attached hydrogens (tertiary/aromatic N) is 1. The van der Waals surface area contributed by atoms with E-state index in [1.807, 2.05) is 0 Å². The Hall–Kier alpha value is -2.91. The highest BCUT2D eigenvalue weighted by molar-refractivity contribution is 7.92. The first-order valence-corrected chi connectivity index (χ1v) is 9.43. The van der Waals surface area contributed by atoms with Gasteiger partial charge >= 0.3 is 0 Å². The highest BCUT2D eigenvalue weighted by Crippen LogP contribution is 2.25. The maximum atomic E-state index is 13.4. The third-order valence-electron chi connectivity index (χ3n) is 3.55. The number of nitrogens with one attached hydrogen (secondary N) is 2. The zero-order chi connectivity index (χ0) is 19.6. The summed E-state index contributed by atoms with van der Waals surface area (Å²) in [6.07, 6.45) is 1.28. The first kappa shape index (κ1) is 18.9. The summed E-state index contributed by atoms with van der Waals surface area (Å²) in [5.74, 6) is -0.836. The largest absolute Gasteiger partial charge is 0.361 e. The minimum Gasteiger partial charge on any atom is -0.361 e. The molecule has 0 radical (unpaired) electrons. The van der Waals surface area contributed by atoms with Crippen LogP contribution in [0.5, 0.6) is 0 Å². The van der Waals surface area contributed by atoms with Gasteiger partial charge in [0.1, 0.15) is 22.0 Å². The summed E-state index contributed by atoms with van der Waals surface area (Å²) in [7, 11) is -4.12. The van der Waals surface area contributed by atoms with E-state index in [1.165, 1.54) is 18.3 Å². The number of aryl methyl sites for hydroxylation is 1. The van der Waals surface area contributed by atoms with Gasteiger partial charge in [-0.05, 0) is 43.3 Å². The Labute approximate surface area is 159 Å². The Bertz CT molecular complexity index is 1110. The van der Waals surface area contributed by atoms with Crippen molar-refractivity contribution in [1.29, 1.82) is 0 Å². The third-order valence-corrected chi connectivity index (χ3v) is 5.41. The molecule has 2 N–H and O–H groups in total. The van der Waals surface area contributed by atoms with Crippen LogP contribution in [-0.2, 0) is 10.0 Å². The lowest BCUT2D eigenvalue weighted by molar-refractivity contribution is 0.102. The number of aromatic nitrogens is 1. The van der Waals surface area contributed by atoms with E-state index in [2.05, 4.69) is 15.2 Å². The molecule has 0 bridgehead atoms. The van der Waals surface area contributed by atoms with Crippen molar-refractivity contribution in [2.24, 2.45) is 0 Å². The maximum absolute atomic E-state index is 13.4. The number of sulfonamides is 1. The molecule has 1 amide bonds. The summed E-state index contributed by atoms with van der Waals surface area (Å²) >= 11 is 5.86. The van der Waals surface area contributed by atoms with E-state index in [9.17, 15) is 17.6 Å². The number of hydrogen-bond donors (Lipinski definition) is 2. The Kier molecular flexibility index (Phi) is 5.15. The van der Waals surface area contributed by atoms with Gasteiger partial charge in [0.25, 0.3) is 15.9 Å². The van der Waals surface area contributed by atoms with Gasteiger partial charge in [0.05, 0.1) is 16.9 Å². The predicted molar refractivity (Wildman–Crippen MR) is 97.9 cm³/mol. The van der Waals surface area contributed by atoms with Gasteiger partial charge in [0, 0.05) is 5.69 Å². The summed E-state index contributed by atoms with van der Waals surface area (Å²) in [5.41, 5.74) is 0.758. The molecule has 0 spiro atoms. The second-order valence-corrected chi connectivity index (χ2v) is 7.57. The van der Waals surface area contributed by atoms with Crippen LogP contribution in [-0.4, -0.2) is 19.5 Å². The molecule has 27 heavy (non-hydrogen) atoms. The fourth-order valence-corrected chi connectivity index (χ4v) is 3.83. The van der Waals surface area contributed by atoms with Gasteiger partial charge < -0.3 is 9.84 Å². The Morgan fingerprint density at radius 1 is 1.19 bits per heavy atom. The molecule has 0 saturated carbocycles. The van der Waals surface area contributed by atoms with Crippen molar-refractivity contribution in [3.63, 3.8) is 0 Å². The summed E-state index contributed by atoms with van der Waals surface area (Å²) in [6.45, 7) is 1.59. The number of rotatable bonds is 5. The van der Waals surface area contributed by atoms with E-state index >= 15 is 0 Å². The Morgan fingerprint density at radius 2 is 1.93 bits per heavy atom. The second-order valence-electron chi connectivity index (χ2n) is 5.51. The van der Waals surface area contributed by atoms with E-state index in [4.69, 9.17) is 16.1 Å². The van der Waals surface area contributed by atoms with Crippen LogP contribution in [0.4, 0.5) is 15.8 Å². The fraction of sp³-hybridized carbons (Fsp3) is 0.0588. The van der Waals surface area contributed by atoms with Crippen LogP contribution in [0.3, 0.4) is 0 Å². The molecule has 0 aliphatic carbocycles. The molecule has 3 rings (SSSR count). The van der Waals surface area contributed by atoms with Crippen LogP contribution in [0, 0.1) is 12.7 Å². The first-order chi connectivity index (χ1) is 12.8. The topological polar surface area (TPSA) is 101 Å². The van der Waals surface area contributed by atoms with Gasteiger partial charge in [-0.15, -0.1) is 0 Å². The van der Waals surface area contributed by atoms with Gasteiger partial charge in [-0.2, -0.15) is 0 Å². The SMILES string of the molecule is Cc1oncc1C(=O)Nc1cccc(NS(=O)(=O)c2cc(F)ccc2Cl)c1. The molecule has 2 aromatic carbocycles. The van der Waals surface area contributed by atoms with Crippen LogP contribution in [0.1, 0.15) is 16.1 Å². The molecule has 0 aliphatic heterocycles. The number of carbonyl (C=O) groups is 1. The zero-order valence-electron chi connectivity index (χ0n) is 13.9. The van der Waals surface area contributed by atoms with Gasteiger partial charge in [-0.1, -0.05) is 22.8 Å². The maximum Gasteiger partial charge on any atom is 0.263 e. The minimum absolute atomic E-state index is 0.115. The number of halogens is 2. The van der Waals surface area contributed by atoms with Gasteiger partial charge in [-0.3, -0.25) is 9.52 Å². The lowest BCUT2D eigenvalue weighted by Gasteiger charge is -2.11. The molecular weight excluding hydrogens is 397 g/mol. The average Bonchev–Trinajstić information content (AvgIpc) is 3.03. The average molecular weight is 410 g/mol. The van der Waals surface area contributed by atoms with Crippen molar-refractivity contribution >= 4 is 38.9 Å².